The van der Waals surface area contributed by atoms with E-state index in [0.29, 0.717) is 29.5 Å². The highest BCUT2D eigenvalue weighted by Crippen LogP contribution is 2.30. The second-order valence-corrected chi connectivity index (χ2v) is 7.84. The second kappa shape index (κ2) is 9.15. The fraction of sp³-hybridized carbons (Fsp3) is 0.250. The van der Waals surface area contributed by atoms with E-state index in [1.165, 1.54) is 5.56 Å². The topological polar surface area (TPSA) is 110 Å². The highest BCUT2D eigenvalue weighted by molar-refractivity contribution is 5.82. The van der Waals surface area contributed by atoms with Crippen molar-refractivity contribution in [3.63, 3.8) is 0 Å². The van der Waals surface area contributed by atoms with Crippen LogP contribution in [0.2, 0.25) is 0 Å². The van der Waals surface area contributed by atoms with Crippen molar-refractivity contribution in [2.75, 3.05) is 11.4 Å². The minimum absolute atomic E-state index is 0.521. The Bertz CT molecular complexity index is 1340. The Hall–Kier alpha value is -4.14. The van der Waals surface area contributed by atoms with Gasteiger partial charge in [-0.3, -0.25) is 0 Å². The summed E-state index contributed by atoms with van der Waals surface area (Å²) in [6.45, 7) is 5.60. The largest absolute Gasteiger partial charge is 0.422 e. The van der Waals surface area contributed by atoms with Gasteiger partial charge < -0.3 is 9.32 Å². The van der Waals surface area contributed by atoms with Crippen molar-refractivity contribution in [3.8, 4) is 22.5 Å². The molecule has 0 spiro atoms. The molecule has 0 bridgehead atoms. The number of rotatable bonds is 8. The van der Waals surface area contributed by atoms with Crippen LogP contribution >= 0.6 is 0 Å². The van der Waals surface area contributed by atoms with Gasteiger partial charge in [0.05, 0.1) is 0 Å². The quantitative estimate of drug-likeness (QED) is 0.373. The molecular formula is C24H24N8O. The maximum atomic E-state index is 5.61. The molecule has 0 saturated heterocycles. The molecule has 3 heterocycles. The van der Waals surface area contributed by atoms with Crippen molar-refractivity contribution in [2.24, 2.45) is 0 Å². The number of nitrogens with zero attached hydrogens (tertiary/aromatic N) is 7. The molecule has 5 rings (SSSR count). The summed E-state index contributed by atoms with van der Waals surface area (Å²) in [4.78, 5) is 15.5. The normalized spacial score (nSPS) is 11.2. The molecule has 0 fully saturated rings. The molecule has 33 heavy (non-hydrogen) atoms. The van der Waals surface area contributed by atoms with E-state index in [0.717, 1.165) is 41.9 Å². The summed E-state index contributed by atoms with van der Waals surface area (Å²) in [5, 5.41) is 14.5. The van der Waals surface area contributed by atoms with Crippen LogP contribution in [0.3, 0.4) is 0 Å². The van der Waals surface area contributed by atoms with E-state index in [1.54, 1.807) is 6.33 Å². The van der Waals surface area contributed by atoms with Crippen molar-refractivity contribution in [3.05, 3.63) is 66.3 Å². The number of oxazole rings is 1. The van der Waals surface area contributed by atoms with Crippen molar-refractivity contribution in [2.45, 2.75) is 33.2 Å². The molecule has 0 radical (unpaired) electrons. The van der Waals surface area contributed by atoms with Gasteiger partial charge in [0, 0.05) is 25.6 Å². The standard InChI is InChI=1S/C24H24N8O/c1-3-4-13-32(23-21-24(26-15-25-23)33-16(2)27-21)14-17-9-11-18(12-10-17)19-7-5-6-8-20(19)22-28-30-31-29-22/h5-12,15H,3-4,13-14H2,1-2H3,(H,28,29,30,31). The Morgan fingerprint density at radius 1 is 1.00 bits per heavy atom. The van der Waals surface area contributed by atoms with Crippen LogP contribution in [0.25, 0.3) is 33.7 Å². The van der Waals surface area contributed by atoms with E-state index in [9.17, 15) is 0 Å². The molecule has 0 amide bonds. The van der Waals surface area contributed by atoms with E-state index < -0.39 is 0 Å². The van der Waals surface area contributed by atoms with E-state index >= 15 is 0 Å². The Labute approximate surface area is 190 Å². The van der Waals surface area contributed by atoms with Gasteiger partial charge in [0.2, 0.25) is 5.82 Å². The Balaban J connectivity index is 1.44. The van der Waals surface area contributed by atoms with Crippen LogP contribution < -0.4 is 4.90 Å². The summed E-state index contributed by atoms with van der Waals surface area (Å²) >= 11 is 0. The van der Waals surface area contributed by atoms with Gasteiger partial charge in [-0.1, -0.05) is 61.9 Å². The number of aryl methyl sites for hydroxylation is 1. The molecule has 0 aliphatic rings. The van der Waals surface area contributed by atoms with Crippen molar-refractivity contribution in [1.82, 2.24) is 35.6 Å². The van der Waals surface area contributed by atoms with Gasteiger partial charge in [0.1, 0.15) is 6.33 Å². The van der Waals surface area contributed by atoms with Crippen molar-refractivity contribution < 1.29 is 4.42 Å². The molecule has 166 valence electrons. The summed E-state index contributed by atoms with van der Waals surface area (Å²) in [5.41, 5.74) is 5.50. The minimum Gasteiger partial charge on any atom is -0.422 e. The average Bonchev–Trinajstić information content (AvgIpc) is 3.51. The first kappa shape index (κ1) is 20.7. The lowest BCUT2D eigenvalue weighted by Crippen LogP contribution is -2.25. The number of fused-ring (bicyclic) bond motifs is 1. The Morgan fingerprint density at radius 3 is 2.58 bits per heavy atom. The summed E-state index contributed by atoms with van der Waals surface area (Å²) in [6.07, 6.45) is 3.69. The molecule has 0 aliphatic carbocycles. The van der Waals surface area contributed by atoms with E-state index in [-0.39, 0.29) is 0 Å². The maximum Gasteiger partial charge on any atom is 0.252 e. The number of unbranched alkanes of at least 4 members (excludes halogenated alkanes) is 1. The summed E-state index contributed by atoms with van der Waals surface area (Å²) in [7, 11) is 0. The molecular weight excluding hydrogens is 416 g/mol. The predicted octanol–water partition coefficient (Wildman–Crippen LogP) is 4.58. The number of H-pyrrole nitrogens is 1. The zero-order chi connectivity index (χ0) is 22.6. The molecule has 3 aromatic heterocycles. The number of benzene rings is 2. The lowest BCUT2D eigenvalue weighted by atomic mass is 9.98. The van der Waals surface area contributed by atoms with Gasteiger partial charge in [-0.2, -0.15) is 10.2 Å². The molecule has 1 N–H and O–H groups in total. The molecule has 0 atom stereocenters. The fourth-order valence-corrected chi connectivity index (χ4v) is 3.90. The molecule has 0 saturated carbocycles. The fourth-order valence-electron chi connectivity index (χ4n) is 3.90. The van der Waals surface area contributed by atoms with Crippen LogP contribution in [0.15, 0.2) is 59.3 Å². The van der Waals surface area contributed by atoms with E-state index in [1.807, 2.05) is 25.1 Å². The summed E-state index contributed by atoms with van der Waals surface area (Å²) in [6, 6.07) is 16.6. The third-order valence-corrected chi connectivity index (χ3v) is 5.52. The zero-order valence-electron chi connectivity index (χ0n) is 18.6. The highest BCUT2D eigenvalue weighted by atomic mass is 16.4. The van der Waals surface area contributed by atoms with E-state index in [4.69, 9.17) is 4.42 Å². The van der Waals surface area contributed by atoms with Crippen LogP contribution in [0.5, 0.6) is 0 Å². The first-order valence-corrected chi connectivity index (χ1v) is 11.0. The SMILES string of the molecule is CCCCN(Cc1ccc(-c2ccccc2-c2nn[nH]n2)cc1)c1ncnc2oc(C)nc12. The Morgan fingerprint density at radius 2 is 1.82 bits per heavy atom. The monoisotopic (exact) mass is 440 g/mol. The van der Waals surface area contributed by atoms with Crippen LogP contribution in [0, 0.1) is 6.92 Å². The number of hydrogen-bond acceptors (Lipinski definition) is 8. The number of tetrazole rings is 1. The van der Waals surface area contributed by atoms with Crippen LogP contribution in [0.1, 0.15) is 31.2 Å². The molecule has 9 nitrogen and oxygen atoms in total. The number of nitrogens with one attached hydrogen (secondary N) is 1. The molecule has 5 aromatic rings. The zero-order valence-corrected chi connectivity index (χ0v) is 18.6. The van der Waals surface area contributed by atoms with Crippen molar-refractivity contribution in [1.29, 1.82) is 0 Å². The second-order valence-electron chi connectivity index (χ2n) is 7.84. The molecule has 2 aromatic carbocycles. The van der Waals surface area contributed by atoms with Gasteiger partial charge in [-0.15, -0.1) is 10.2 Å². The first-order valence-electron chi connectivity index (χ1n) is 11.0. The van der Waals surface area contributed by atoms with Crippen LogP contribution in [-0.2, 0) is 6.54 Å². The van der Waals surface area contributed by atoms with E-state index in [2.05, 4.69) is 77.7 Å². The van der Waals surface area contributed by atoms with Crippen molar-refractivity contribution >= 4 is 17.0 Å². The van der Waals surface area contributed by atoms with Gasteiger partial charge >= 0.3 is 0 Å². The van der Waals surface area contributed by atoms with Gasteiger partial charge in [0.25, 0.3) is 5.71 Å². The number of anilines is 1. The van der Waals surface area contributed by atoms with Crippen LogP contribution in [0.4, 0.5) is 5.82 Å². The third-order valence-electron chi connectivity index (χ3n) is 5.52. The average molecular weight is 441 g/mol. The Kier molecular flexibility index (Phi) is 5.75. The number of aromatic nitrogens is 7. The predicted molar refractivity (Wildman–Crippen MR) is 125 cm³/mol. The minimum atomic E-state index is 0.521. The van der Waals surface area contributed by atoms with Gasteiger partial charge in [-0.05, 0) is 28.3 Å². The number of hydrogen-bond donors (Lipinski definition) is 1. The van der Waals surface area contributed by atoms with Gasteiger partial charge in [-0.25, -0.2) is 9.97 Å². The molecule has 0 aliphatic heterocycles. The third kappa shape index (κ3) is 4.30. The summed E-state index contributed by atoms with van der Waals surface area (Å²) < 4.78 is 5.61. The molecule has 9 heteroatoms. The first-order chi connectivity index (χ1) is 16.2. The maximum absolute atomic E-state index is 5.61. The highest BCUT2D eigenvalue weighted by Gasteiger charge is 2.17. The van der Waals surface area contributed by atoms with Gasteiger partial charge in [0.15, 0.2) is 17.2 Å². The lowest BCUT2D eigenvalue weighted by Gasteiger charge is -2.23. The lowest BCUT2D eigenvalue weighted by molar-refractivity contribution is 0.551. The smallest absolute Gasteiger partial charge is 0.252 e. The number of aromatic amines is 1. The molecule has 0 unspecified atom stereocenters. The van der Waals surface area contributed by atoms with Crippen LogP contribution in [-0.4, -0.2) is 42.1 Å². The summed E-state index contributed by atoms with van der Waals surface area (Å²) in [5.74, 6) is 1.97.